The van der Waals surface area contributed by atoms with Crippen molar-refractivity contribution < 1.29 is 19.1 Å². The Kier molecular flexibility index (Phi) is 11.7. The van der Waals surface area contributed by atoms with Gasteiger partial charge in [-0.15, -0.1) is 10.2 Å². The van der Waals surface area contributed by atoms with Crippen molar-refractivity contribution in [1.82, 2.24) is 15.1 Å². The number of aryl methyl sites for hydroxylation is 2. The van der Waals surface area contributed by atoms with E-state index in [0.717, 1.165) is 72.8 Å². The van der Waals surface area contributed by atoms with Crippen molar-refractivity contribution in [2.75, 3.05) is 37.7 Å². The molecule has 1 aliphatic heterocycles. The molecule has 0 radical (unpaired) electrons. The molecule has 0 aliphatic carbocycles. The Hall–Kier alpha value is -2.72. The maximum Gasteiger partial charge on any atom is 0.309 e. The number of rotatable bonds is 11. The zero-order chi connectivity index (χ0) is 32.0. The monoisotopic (exact) mass is 660 g/mol. The number of amides is 1. The number of ether oxygens (including phenoxy) is 2. The molecule has 1 amide bonds. The van der Waals surface area contributed by atoms with E-state index in [2.05, 4.69) is 22.0 Å². The van der Waals surface area contributed by atoms with Crippen molar-refractivity contribution in [2.24, 2.45) is 5.92 Å². The lowest BCUT2D eigenvalue weighted by atomic mass is 9.96. The standard InChI is InChI=1S/C33H42Cl2N4O4S/c1-7-8-14-39(30(40)25-10-9-11-26(34)27(25)35)32-37-36-29(44-32)24-19-21(2)28(22(3)20-24)42-18-17-38-15-12-23(13-16-38)31(41)43-33(4,5)6/h9-11,19-20,23H,7-8,12-18H2,1-6H3. The SMILES string of the molecule is CCCCN(C(=O)c1cccc(Cl)c1Cl)c1nnc(-c2cc(C)c(OCCN3CCC(C(=O)OC(C)(C)C)CC3)c(C)c2)s1. The topological polar surface area (TPSA) is 84.9 Å². The summed E-state index contributed by atoms with van der Waals surface area (Å²) in [6.45, 7) is 15.4. The second-order valence-electron chi connectivity index (χ2n) is 12.2. The van der Waals surface area contributed by atoms with Gasteiger partial charge in [0.05, 0.1) is 21.5 Å². The van der Waals surface area contributed by atoms with E-state index in [0.29, 0.717) is 28.9 Å². The van der Waals surface area contributed by atoms with Crippen LogP contribution in [0.25, 0.3) is 10.6 Å². The average molecular weight is 662 g/mol. The van der Waals surface area contributed by atoms with Crippen molar-refractivity contribution in [3.63, 3.8) is 0 Å². The van der Waals surface area contributed by atoms with Crippen LogP contribution in [0.4, 0.5) is 5.13 Å². The summed E-state index contributed by atoms with van der Waals surface area (Å²) in [7, 11) is 0. The van der Waals surface area contributed by atoms with Crippen LogP contribution < -0.4 is 9.64 Å². The van der Waals surface area contributed by atoms with Crippen molar-refractivity contribution in [2.45, 2.75) is 72.8 Å². The highest BCUT2D eigenvalue weighted by atomic mass is 35.5. The normalized spacial score (nSPS) is 14.5. The summed E-state index contributed by atoms with van der Waals surface area (Å²) in [5.41, 5.74) is 2.82. The number of carbonyl (C=O) groups excluding carboxylic acids is 2. The number of hydrogen-bond acceptors (Lipinski definition) is 8. The van der Waals surface area contributed by atoms with Gasteiger partial charge in [-0.1, -0.05) is 53.9 Å². The quantitative estimate of drug-likeness (QED) is 0.193. The minimum Gasteiger partial charge on any atom is -0.492 e. The summed E-state index contributed by atoms with van der Waals surface area (Å²) in [4.78, 5) is 29.9. The Morgan fingerprint density at radius 1 is 1.09 bits per heavy atom. The highest BCUT2D eigenvalue weighted by Crippen LogP contribution is 2.35. The van der Waals surface area contributed by atoms with Crippen molar-refractivity contribution in [3.05, 3.63) is 57.1 Å². The van der Waals surface area contributed by atoms with Gasteiger partial charge in [0.25, 0.3) is 5.91 Å². The van der Waals surface area contributed by atoms with Gasteiger partial charge in [0.15, 0.2) is 0 Å². The Bertz CT molecular complexity index is 1440. The Labute approximate surface area is 274 Å². The Morgan fingerprint density at radius 3 is 2.41 bits per heavy atom. The summed E-state index contributed by atoms with van der Waals surface area (Å²) in [6, 6.07) is 9.15. The van der Waals surface area contributed by atoms with Crippen LogP contribution in [0.15, 0.2) is 30.3 Å². The van der Waals surface area contributed by atoms with Gasteiger partial charge in [0.1, 0.15) is 23.0 Å². The summed E-state index contributed by atoms with van der Waals surface area (Å²) in [6.07, 6.45) is 3.34. The number of esters is 1. The van der Waals surface area contributed by atoms with E-state index in [1.54, 1.807) is 23.1 Å². The van der Waals surface area contributed by atoms with Crippen LogP contribution in [0.1, 0.15) is 74.9 Å². The average Bonchev–Trinajstić information content (AvgIpc) is 3.45. The van der Waals surface area contributed by atoms with Crippen LogP contribution in [-0.2, 0) is 9.53 Å². The zero-order valence-corrected chi connectivity index (χ0v) is 28.7. The fourth-order valence-corrected chi connectivity index (χ4v) is 6.45. The molecule has 0 atom stereocenters. The zero-order valence-electron chi connectivity index (χ0n) is 26.4. The molecule has 0 spiro atoms. The van der Waals surface area contributed by atoms with Gasteiger partial charge < -0.3 is 9.47 Å². The van der Waals surface area contributed by atoms with Gasteiger partial charge in [-0.25, -0.2) is 0 Å². The van der Waals surface area contributed by atoms with Crippen LogP contribution in [0.3, 0.4) is 0 Å². The third-order valence-electron chi connectivity index (χ3n) is 7.50. The molecular weight excluding hydrogens is 619 g/mol. The fraction of sp³-hybridized carbons (Fsp3) is 0.515. The lowest BCUT2D eigenvalue weighted by molar-refractivity contribution is -0.161. The molecule has 1 saturated heterocycles. The van der Waals surface area contributed by atoms with Crippen LogP contribution in [0, 0.1) is 19.8 Å². The van der Waals surface area contributed by atoms with Gasteiger partial charge in [-0.3, -0.25) is 19.4 Å². The lowest BCUT2D eigenvalue weighted by Gasteiger charge is -2.32. The van der Waals surface area contributed by atoms with Crippen molar-refractivity contribution in [3.8, 4) is 16.3 Å². The second kappa shape index (κ2) is 15.0. The maximum absolute atomic E-state index is 13.5. The van der Waals surface area contributed by atoms with E-state index in [-0.39, 0.29) is 22.8 Å². The Balaban J connectivity index is 1.39. The van der Waals surface area contributed by atoms with Gasteiger partial charge in [-0.05, 0) is 102 Å². The number of likely N-dealkylation sites (tertiary alicyclic amines) is 1. The fourth-order valence-electron chi connectivity index (χ4n) is 5.21. The molecule has 0 unspecified atom stereocenters. The number of benzene rings is 2. The van der Waals surface area contributed by atoms with Crippen LogP contribution >= 0.6 is 34.5 Å². The van der Waals surface area contributed by atoms with Gasteiger partial charge >= 0.3 is 5.97 Å². The first kappa shape index (κ1) is 34.2. The van der Waals surface area contributed by atoms with E-state index in [4.69, 9.17) is 32.7 Å². The molecule has 0 bridgehead atoms. The van der Waals surface area contributed by atoms with E-state index >= 15 is 0 Å². The lowest BCUT2D eigenvalue weighted by Crippen LogP contribution is -2.40. The molecule has 1 aliphatic rings. The highest BCUT2D eigenvalue weighted by molar-refractivity contribution is 7.18. The van der Waals surface area contributed by atoms with E-state index in [1.807, 2.05) is 46.8 Å². The molecule has 4 rings (SSSR count). The van der Waals surface area contributed by atoms with Gasteiger partial charge in [0.2, 0.25) is 5.13 Å². The molecule has 0 saturated carbocycles. The largest absolute Gasteiger partial charge is 0.492 e. The van der Waals surface area contributed by atoms with E-state index < -0.39 is 5.60 Å². The molecule has 8 nitrogen and oxygen atoms in total. The number of hydrogen-bond donors (Lipinski definition) is 0. The molecule has 2 aromatic carbocycles. The van der Waals surface area contributed by atoms with Gasteiger partial charge in [0, 0.05) is 18.7 Å². The second-order valence-corrected chi connectivity index (χ2v) is 14.0. The number of unbranched alkanes of at least 4 members (excludes halogenated alkanes) is 1. The van der Waals surface area contributed by atoms with Crippen molar-refractivity contribution >= 4 is 51.5 Å². The van der Waals surface area contributed by atoms with Gasteiger partial charge in [-0.2, -0.15) is 0 Å². The molecule has 11 heteroatoms. The molecule has 2 heterocycles. The summed E-state index contributed by atoms with van der Waals surface area (Å²) < 4.78 is 11.8. The molecule has 3 aromatic rings. The first-order valence-corrected chi connectivity index (χ1v) is 16.7. The third kappa shape index (κ3) is 8.71. The molecule has 1 fully saturated rings. The molecular formula is C33H42Cl2N4O4S. The number of aromatic nitrogens is 2. The Morgan fingerprint density at radius 2 is 1.77 bits per heavy atom. The van der Waals surface area contributed by atoms with E-state index in [1.165, 1.54) is 11.3 Å². The number of anilines is 1. The van der Waals surface area contributed by atoms with Crippen LogP contribution in [0.5, 0.6) is 5.75 Å². The summed E-state index contributed by atoms with van der Waals surface area (Å²) in [5, 5.41) is 10.6. The molecule has 1 aromatic heterocycles. The van der Waals surface area contributed by atoms with Crippen molar-refractivity contribution in [1.29, 1.82) is 0 Å². The third-order valence-corrected chi connectivity index (χ3v) is 9.31. The first-order chi connectivity index (χ1) is 20.9. The summed E-state index contributed by atoms with van der Waals surface area (Å²) >= 11 is 13.9. The highest BCUT2D eigenvalue weighted by Gasteiger charge is 2.29. The van der Waals surface area contributed by atoms with E-state index in [9.17, 15) is 9.59 Å². The van der Waals surface area contributed by atoms with Crippen LogP contribution in [-0.4, -0.2) is 65.4 Å². The van der Waals surface area contributed by atoms with Crippen LogP contribution in [0.2, 0.25) is 10.0 Å². The number of halogens is 2. The minimum absolute atomic E-state index is 0.0317. The molecule has 44 heavy (non-hydrogen) atoms. The smallest absolute Gasteiger partial charge is 0.309 e. The summed E-state index contributed by atoms with van der Waals surface area (Å²) in [5.74, 6) is 0.486. The number of carbonyl (C=O) groups is 2. The maximum atomic E-state index is 13.5. The molecule has 238 valence electrons. The minimum atomic E-state index is -0.452. The predicted octanol–water partition coefficient (Wildman–Crippen LogP) is 8.01. The predicted molar refractivity (Wildman–Crippen MR) is 178 cm³/mol. The number of nitrogens with zero attached hydrogens (tertiary/aromatic N) is 4. The first-order valence-electron chi connectivity index (χ1n) is 15.2. The number of piperidine rings is 1. The molecule has 0 N–H and O–H groups in total.